The Morgan fingerprint density at radius 3 is 2.38 bits per heavy atom. The van der Waals surface area contributed by atoms with Crippen LogP contribution in [0.1, 0.15) is 32.8 Å². The standard InChI is InChI=1S/C21H26N2O3/c1-15(2)26-20-12-8-6-10-18(20)22-21(25)13-14-23(17(4)24)19-11-7-5-9-16(19)3/h5-12,15H,13-14H2,1-4H3,(H,22,25). The van der Waals surface area contributed by atoms with Gasteiger partial charge in [0, 0.05) is 25.6 Å². The molecular weight excluding hydrogens is 328 g/mol. The summed E-state index contributed by atoms with van der Waals surface area (Å²) in [5, 5.41) is 2.87. The number of hydrogen-bond donors (Lipinski definition) is 1. The Morgan fingerprint density at radius 2 is 1.73 bits per heavy atom. The largest absolute Gasteiger partial charge is 0.489 e. The highest BCUT2D eigenvalue weighted by Gasteiger charge is 2.16. The second-order valence-electron chi connectivity index (χ2n) is 6.42. The third-order valence-corrected chi connectivity index (χ3v) is 3.87. The van der Waals surface area contributed by atoms with Crippen LogP contribution in [-0.4, -0.2) is 24.5 Å². The Balaban J connectivity index is 2.04. The number of benzene rings is 2. The average Bonchev–Trinajstić information content (AvgIpc) is 2.57. The molecule has 5 heteroatoms. The molecule has 1 N–H and O–H groups in total. The highest BCUT2D eigenvalue weighted by atomic mass is 16.5. The minimum absolute atomic E-state index is 0.0160. The number of para-hydroxylation sites is 3. The Hall–Kier alpha value is -2.82. The third kappa shape index (κ3) is 5.34. The van der Waals surface area contributed by atoms with E-state index in [0.29, 0.717) is 18.0 Å². The monoisotopic (exact) mass is 354 g/mol. The van der Waals surface area contributed by atoms with E-state index in [9.17, 15) is 9.59 Å². The van der Waals surface area contributed by atoms with Gasteiger partial charge in [0.2, 0.25) is 11.8 Å². The van der Waals surface area contributed by atoms with Crippen LogP contribution in [0.25, 0.3) is 0 Å². The fourth-order valence-corrected chi connectivity index (χ4v) is 2.67. The summed E-state index contributed by atoms with van der Waals surface area (Å²) in [4.78, 5) is 26.0. The summed E-state index contributed by atoms with van der Waals surface area (Å²) in [6.07, 6.45) is 0.214. The fourth-order valence-electron chi connectivity index (χ4n) is 2.67. The molecule has 0 heterocycles. The lowest BCUT2D eigenvalue weighted by molar-refractivity contribution is -0.117. The zero-order valence-corrected chi connectivity index (χ0v) is 15.8. The molecule has 2 amide bonds. The van der Waals surface area contributed by atoms with E-state index in [1.165, 1.54) is 6.92 Å². The first-order valence-corrected chi connectivity index (χ1v) is 8.77. The molecule has 0 atom stereocenters. The number of aryl methyl sites for hydroxylation is 1. The number of carbonyl (C=O) groups is 2. The van der Waals surface area contributed by atoms with E-state index >= 15 is 0 Å². The SMILES string of the molecule is CC(=O)N(CCC(=O)Nc1ccccc1OC(C)C)c1ccccc1C. The second kappa shape index (κ2) is 9.04. The molecule has 0 saturated heterocycles. The van der Waals surface area contributed by atoms with E-state index < -0.39 is 0 Å². The molecule has 0 radical (unpaired) electrons. The molecule has 0 aliphatic carbocycles. The van der Waals surface area contributed by atoms with Crippen molar-refractivity contribution in [1.82, 2.24) is 0 Å². The maximum atomic E-state index is 12.4. The van der Waals surface area contributed by atoms with Crippen LogP contribution in [0, 0.1) is 6.92 Å². The number of carbonyl (C=O) groups excluding carboxylic acids is 2. The molecule has 0 aliphatic heterocycles. The van der Waals surface area contributed by atoms with Crippen molar-refractivity contribution < 1.29 is 14.3 Å². The molecule has 0 fully saturated rings. The van der Waals surface area contributed by atoms with Crippen LogP contribution >= 0.6 is 0 Å². The molecule has 138 valence electrons. The van der Waals surface area contributed by atoms with Gasteiger partial charge >= 0.3 is 0 Å². The molecule has 0 saturated carbocycles. The van der Waals surface area contributed by atoms with Crippen molar-refractivity contribution in [2.45, 2.75) is 40.2 Å². The molecule has 2 aromatic carbocycles. The van der Waals surface area contributed by atoms with Gasteiger partial charge in [0.15, 0.2) is 0 Å². The van der Waals surface area contributed by atoms with Gasteiger partial charge in [-0.1, -0.05) is 30.3 Å². The number of amides is 2. The number of nitrogens with zero attached hydrogens (tertiary/aromatic N) is 1. The molecule has 5 nitrogen and oxygen atoms in total. The van der Waals surface area contributed by atoms with Gasteiger partial charge in [0.05, 0.1) is 11.8 Å². The molecule has 0 aliphatic rings. The van der Waals surface area contributed by atoms with Crippen LogP contribution in [0.15, 0.2) is 48.5 Å². The zero-order valence-electron chi connectivity index (χ0n) is 15.8. The summed E-state index contributed by atoms with van der Waals surface area (Å²) in [6.45, 7) is 7.65. The minimum Gasteiger partial charge on any atom is -0.489 e. The van der Waals surface area contributed by atoms with Crippen LogP contribution in [0.3, 0.4) is 0 Å². The number of hydrogen-bond acceptors (Lipinski definition) is 3. The van der Waals surface area contributed by atoms with Crippen molar-refractivity contribution in [2.75, 3.05) is 16.8 Å². The molecule has 2 aromatic rings. The summed E-state index contributed by atoms with van der Waals surface area (Å²) in [7, 11) is 0. The summed E-state index contributed by atoms with van der Waals surface area (Å²) in [6, 6.07) is 15.0. The summed E-state index contributed by atoms with van der Waals surface area (Å²) >= 11 is 0. The van der Waals surface area contributed by atoms with E-state index in [0.717, 1.165) is 11.3 Å². The van der Waals surface area contributed by atoms with Gasteiger partial charge in [-0.2, -0.15) is 0 Å². The lowest BCUT2D eigenvalue weighted by Crippen LogP contribution is -2.32. The third-order valence-electron chi connectivity index (χ3n) is 3.87. The van der Waals surface area contributed by atoms with E-state index in [2.05, 4.69) is 5.32 Å². The van der Waals surface area contributed by atoms with Crippen LogP contribution in [0.5, 0.6) is 5.75 Å². The van der Waals surface area contributed by atoms with E-state index in [-0.39, 0.29) is 24.3 Å². The van der Waals surface area contributed by atoms with Gasteiger partial charge in [-0.15, -0.1) is 0 Å². The van der Waals surface area contributed by atoms with Crippen LogP contribution in [0.4, 0.5) is 11.4 Å². The summed E-state index contributed by atoms with van der Waals surface area (Å²) < 4.78 is 5.72. The number of anilines is 2. The predicted octanol–water partition coefficient (Wildman–Crippen LogP) is 4.16. The first kappa shape index (κ1) is 19.5. The molecule has 0 bridgehead atoms. The van der Waals surface area contributed by atoms with E-state index in [1.54, 1.807) is 11.0 Å². The van der Waals surface area contributed by atoms with Gasteiger partial charge in [0.25, 0.3) is 0 Å². The minimum atomic E-state index is -0.162. The normalized spacial score (nSPS) is 10.5. The molecule has 0 aromatic heterocycles. The maximum Gasteiger partial charge on any atom is 0.226 e. The van der Waals surface area contributed by atoms with E-state index in [4.69, 9.17) is 4.74 Å². The molecular formula is C21H26N2O3. The van der Waals surface area contributed by atoms with Crippen molar-refractivity contribution in [2.24, 2.45) is 0 Å². The van der Waals surface area contributed by atoms with Crippen LogP contribution < -0.4 is 15.0 Å². The Kier molecular flexibility index (Phi) is 6.78. The zero-order chi connectivity index (χ0) is 19.1. The molecule has 26 heavy (non-hydrogen) atoms. The molecule has 0 spiro atoms. The van der Waals surface area contributed by atoms with Crippen molar-refractivity contribution in [1.29, 1.82) is 0 Å². The molecule has 2 rings (SSSR count). The second-order valence-corrected chi connectivity index (χ2v) is 6.42. The molecule has 0 unspecified atom stereocenters. The predicted molar refractivity (Wildman–Crippen MR) is 105 cm³/mol. The highest BCUT2D eigenvalue weighted by molar-refractivity contribution is 5.95. The highest BCUT2D eigenvalue weighted by Crippen LogP contribution is 2.25. The summed E-state index contributed by atoms with van der Waals surface area (Å²) in [5.74, 6) is 0.387. The van der Waals surface area contributed by atoms with Gasteiger partial charge in [-0.05, 0) is 44.5 Å². The Labute approximate surface area is 155 Å². The van der Waals surface area contributed by atoms with Gasteiger partial charge in [-0.3, -0.25) is 9.59 Å². The number of rotatable bonds is 7. The van der Waals surface area contributed by atoms with Crippen molar-refractivity contribution in [3.8, 4) is 5.75 Å². The van der Waals surface area contributed by atoms with Gasteiger partial charge in [0.1, 0.15) is 5.75 Å². The first-order chi connectivity index (χ1) is 12.4. The van der Waals surface area contributed by atoms with Gasteiger partial charge in [-0.25, -0.2) is 0 Å². The van der Waals surface area contributed by atoms with Crippen molar-refractivity contribution in [3.05, 3.63) is 54.1 Å². The topological polar surface area (TPSA) is 58.6 Å². The van der Waals surface area contributed by atoms with Crippen molar-refractivity contribution in [3.63, 3.8) is 0 Å². The summed E-state index contributed by atoms with van der Waals surface area (Å²) in [5.41, 5.74) is 2.46. The lowest BCUT2D eigenvalue weighted by Gasteiger charge is -2.23. The maximum absolute atomic E-state index is 12.4. The number of nitrogens with one attached hydrogen (secondary N) is 1. The van der Waals surface area contributed by atoms with Crippen molar-refractivity contribution >= 4 is 23.2 Å². The quantitative estimate of drug-likeness (QED) is 0.812. The average molecular weight is 354 g/mol. The lowest BCUT2D eigenvalue weighted by atomic mass is 10.1. The first-order valence-electron chi connectivity index (χ1n) is 8.77. The smallest absolute Gasteiger partial charge is 0.226 e. The van der Waals surface area contributed by atoms with Crippen LogP contribution in [-0.2, 0) is 9.59 Å². The number of ether oxygens (including phenoxy) is 1. The Bertz CT molecular complexity index is 771. The van der Waals surface area contributed by atoms with E-state index in [1.807, 2.05) is 63.2 Å². The van der Waals surface area contributed by atoms with Crippen LogP contribution in [0.2, 0.25) is 0 Å². The van der Waals surface area contributed by atoms with Gasteiger partial charge < -0.3 is 15.0 Å². The fraction of sp³-hybridized carbons (Fsp3) is 0.333. The Morgan fingerprint density at radius 1 is 1.08 bits per heavy atom.